The van der Waals surface area contributed by atoms with E-state index < -0.39 is 54.3 Å². The van der Waals surface area contributed by atoms with Gasteiger partial charge in [-0.15, -0.1) is 0 Å². The fraction of sp³-hybridized carbons (Fsp3) is 0.286. The predicted octanol–water partition coefficient (Wildman–Crippen LogP) is 3.65. The molecule has 0 saturated heterocycles. The van der Waals surface area contributed by atoms with E-state index in [1.165, 1.54) is 13.2 Å². The van der Waals surface area contributed by atoms with E-state index in [9.17, 15) is 33.4 Å². The molecule has 3 unspecified atom stereocenters. The van der Waals surface area contributed by atoms with Crippen molar-refractivity contribution in [1.29, 1.82) is 0 Å². The first-order chi connectivity index (χ1) is 19.7. The number of aromatic nitrogens is 2. The maximum Gasteiger partial charge on any atom is 0.406 e. The van der Waals surface area contributed by atoms with E-state index in [1.807, 2.05) is 24.3 Å². The van der Waals surface area contributed by atoms with Crippen molar-refractivity contribution in [2.45, 2.75) is 31.6 Å². The van der Waals surface area contributed by atoms with Crippen molar-refractivity contribution in [3.05, 3.63) is 84.3 Å². The summed E-state index contributed by atoms with van der Waals surface area (Å²) in [5, 5.41) is 21.6. The SMILES string of the molecule is COCC1=NC(=O)N(C(CC[n+]2ccc(-c3ccccn3)cc2)NC(=O)O)C(c2ccc(F)c(F)c2)C1CC(=O)O. The molecule has 3 N–H and O–H groups in total. The van der Waals surface area contributed by atoms with Crippen LogP contribution >= 0.6 is 0 Å². The number of halogens is 2. The third kappa shape index (κ3) is 7.06. The van der Waals surface area contributed by atoms with Crippen molar-refractivity contribution in [1.82, 2.24) is 15.2 Å². The number of urea groups is 1. The van der Waals surface area contributed by atoms with Crippen molar-refractivity contribution < 1.29 is 42.7 Å². The maximum atomic E-state index is 14.4. The van der Waals surface area contributed by atoms with Crippen molar-refractivity contribution >= 4 is 23.8 Å². The number of carboxylic acids is 1. The lowest BCUT2D eigenvalue weighted by molar-refractivity contribution is -0.697. The van der Waals surface area contributed by atoms with Crippen LogP contribution in [0.1, 0.15) is 24.4 Å². The molecule has 3 amide bonds. The quantitative estimate of drug-likeness (QED) is 0.299. The minimum atomic E-state index is -1.44. The first-order valence-electron chi connectivity index (χ1n) is 12.6. The monoisotopic (exact) mass is 568 g/mol. The van der Waals surface area contributed by atoms with Crippen molar-refractivity contribution in [2.24, 2.45) is 10.9 Å². The number of nitrogens with one attached hydrogen (secondary N) is 1. The molecule has 0 spiro atoms. The van der Waals surface area contributed by atoms with Gasteiger partial charge in [0.15, 0.2) is 30.6 Å². The Hall–Kier alpha value is -4.78. The first-order valence-corrected chi connectivity index (χ1v) is 12.6. The van der Waals surface area contributed by atoms with Crippen LogP contribution in [0.25, 0.3) is 11.3 Å². The summed E-state index contributed by atoms with van der Waals surface area (Å²) < 4.78 is 35.1. The summed E-state index contributed by atoms with van der Waals surface area (Å²) in [5.74, 6) is -4.58. The second-order valence-corrected chi connectivity index (χ2v) is 9.34. The van der Waals surface area contributed by atoms with Gasteiger partial charge in [0.1, 0.15) is 6.17 Å². The Bertz CT molecular complexity index is 1440. The van der Waals surface area contributed by atoms with E-state index in [-0.39, 0.29) is 30.8 Å². The van der Waals surface area contributed by atoms with Gasteiger partial charge in [-0.1, -0.05) is 12.1 Å². The smallest absolute Gasteiger partial charge is 0.406 e. The van der Waals surface area contributed by atoms with Gasteiger partial charge in [-0.25, -0.2) is 22.9 Å². The highest BCUT2D eigenvalue weighted by atomic mass is 19.2. The molecule has 1 aliphatic heterocycles. The van der Waals surface area contributed by atoms with Gasteiger partial charge in [0.05, 0.1) is 30.5 Å². The molecule has 1 aromatic carbocycles. The van der Waals surface area contributed by atoms with Crippen LogP contribution in [0.15, 0.2) is 72.1 Å². The van der Waals surface area contributed by atoms with Crippen LogP contribution in [0.5, 0.6) is 0 Å². The number of nitrogens with zero attached hydrogens (tertiary/aromatic N) is 4. The molecule has 0 aliphatic carbocycles. The molecule has 4 rings (SSSR count). The van der Waals surface area contributed by atoms with Crippen LogP contribution < -0.4 is 9.88 Å². The lowest BCUT2D eigenvalue weighted by atomic mass is 9.83. The topological polar surface area (TPSA) is 145 Å². The standard InChI is InChI=1S/C28H27F2N5O6/c1-41-16-23-19(15-25(36)37)26(18-5-6-20(29)21(30)14-18)35(27(38)32-23)24(33-28(39)40)9-13-34-11-7-17(8-12-34)22-4-2-3-10-31-22/h2-8,10-12,14,19,24,26,33H,9,13,15-16H2,1H3,(H-,36,37,39,40)/p+1. The highest BCUT2D eigenvalue weighted by Gasteiger charge is 2.44. The summed E-state index contributed by atoms with van der Waals surface area (Å²) in [7, 11) is 1.34. The number of aliphatic imine (C=N–C) groups is 1. The zero-order valence-electron chi connectivity index (χ0n) is 22.0. The second-order valence-electron chi connectivity index (χ2n) is 9.34. The minimum absolute atomic E-state index is 0.0424. The molecule has 41 heavy (non-hydrogen) atoms. The van der Waals surface area contributed by atoms with Crippen LogP contribution in [0.3, 0.4) is 0 Å². The summed E-state index contributed by atoms with van der Waals surface area (Å²) in [5.41, 5.74) is 1.81. The number of aryl methyl sites for hydroxylation is 1. The second kappa shape index (κ2) is 13.0. The number of aliphatic carboxylic acids is 1. The number of pyridine rings is 2. The van der Waals surface area contributed by atoms with Crippen molar-refractivity contribution in [3.63, 3.8) is 0 Å². The predicted molar refractivity (Wildman–Crippen MR) is 141 cm³/mol. The van der Waals surface area contributed by atoms with E-state index in [0.717, 1.165) is 28.3 Å². The largest absolute Gasteiger partial charge is 0.481 e. The summed E-state index contributed by atoms with van der Waals surface area (Å²) >= 11 is 0. The number of hydrogen-bond acceptors (Lipinski definition) is 5. The number of methoxy groups -OCH3 is 1. The number of carbonyl (C=O) groups is 3. The van der Waals surface area contributed by atoms with Crippen molar-refractivity contribution in [2.75, 3.05) is 13.7 Å². The lowest BCUT2D eigenvalue weighted by Gasteiger charge is -2.43. The molecular weight excluding hydrogens is 540 g/mol. The van der Waals surface area contributed by atoms with E-state index in [4.69, 9.17) is 4.74 Å². The lowest BCUT2D eigenvalue weighted by Crippen LogP contribution is -2.57. The number of carboxylic acid groups (broad SMARTS) is 2. The summed E-state index contributed by atoms with van der Waals surface area (Å²) in [6, 6.07) is 10.1. The molecule has 1 aliphatic rings. The number of benzene rings is 1. The van der Waals surface area contributed by atoms with Crippen LogP contribution in [0, 0.1) is 17.6 Å². The first kappa shape index (κ1) is 29.2. The number of carbonyl (C=O) groups excluding carboxylic acids is 1. The van der Waals surface area contributed by atoms with Gasteiger partial charge >= 0.3 is 18.1 Å². The van der Waals surface area contributed by atoms with E-state index in [2.05, 4.69) is 15.3 Å². The molecule has 3 heterocycles. The Labute approximate surface area is 233 Å². The third-order valence-electron chi connectivity index (χ3n) is 6.68. The molecule has 11 nitrogen and oxygen atoms in total. The molecule has 0 saturated carbocycles. The van der Waals surface area contributed by atoms with Crippen LogP contribution in [-0.2, 0) is 16.1 Å². The molecule has 3 aromatic rings. The third-order valence-corrected chi connectivity index (χ3v) is 6.68. The van der Waals surface area contributed by atoms with Crippen LogP contribution in [-0.4, -0.2) is 63.8 Å². The normalized spacial score (nSPS) is 17.6. The Morgan fingerprint density at radius 2 is 1.88 bits per heavy atom. The molecule has 0 bridgehead atoms. The summed E-state index contributed by atoms with van der Waals surface area (Å²) in [6.07, 6.45) is 2.09. The Balaban J connectivity index is 1.70. The highest BCUT2D eigenvalue weighted by Crippen LogP contribution is 2.38. The average Bonchev–Trinajstić information content (AvgIpc) is 2.94. The average molecular weight is 569 g/mol. The highest BCUT2D eigenvalue weighted by molar-refractivity contribution is 6.01. The Kier molecular flexibility index (Phi) is 9.30. The van der Waals surface area contributed by atoms with E-state index in [0.29, 0.717) is 0 Å². The number of hydrogen-bond donors (Lipinski definition) is 3. The number of amides is 3. The zero-order valence-corrected chi connectivity index (χ0v) is 22.0. The van der Waals surface area contributed by atoms with Gasteiger partial charge in [-0.05, 0) is 29.8 Å². The maximum absolute atomic E-state index is 14.4. The number of rotatable bonds is 11. The zero-order chi connectivity index (χ0) is 29.5. The molecular formula is C28H28F2N5O6+. The molecule has 214 valence electrons. The van der Waals surface area contributed by atoms with Gasteiger partial charge in [0, 0.05) is 43.3 Å². The molecule has 2 aromatic heterocycles. The van der Waals surface area contributed by atoms with Gasteiger partial charge in [0.25, 0.3) is 0 Å². The molecule has 3 atom stereocenters. The Morgan fingerprint density at radius 3 is 2.49 bits per heavy atom. The Morgan fingerprint density at radius 1 is 1.12 bits per heavy atom. The van der Waals surface area contributed by atoms with Gasteiger partial charge < -0.3 is 20.3 Å². The fourth-order valence-electron chi connectivity index (χ4n) is 4.89. The molecule has 13 heteroatoms. The van der Waals surface area contributed by atoms with Gasteiger partial charge in [0.2, 0.25) is 0 Å². The van der Waals surface area contributed by atoms with E-state index >= 15 is 0 Å². The molecule has 0 fully saturated rings. The summed E-state index contributed by atoms with van der Waals surface area (Å²) in [4.78, 5) is 46.5. The van der Waals surface area contributed by atoms with Crippen molar-refractivity contribution in [3.8, 4) is 11.3 Å². The van der Waals surface area contributed by atoms with Crippen LogP contribution in [0.4, 0.5) is 18.4 Å². The summed E-state index contributed by atoms with van der Waals surface area (Å²) in [6.45, 7) is 0.0488. The van der Waals surface area contributed by atoms with Gasteiger partial charge in [-0.2, -0.15) is 4.99 Å². The van der Waals surface area contributed by atoms with Crippen LogP contribution in [0.2, 0.25) is 0 Å². The van der Waals surface area contributed by atoms with E-state index in [1.54, 1.807) is 29.2 Å². The molecule has 0 radical (unpaired) electrons. The minimum Gasteiger partial charge on any atom is -0.481 e. The fourth-order valence-corrected chi connectivity index (χ4v) is 4.89. The number of ether oxygens (including phenoxy) is 1. The van der Waals surface area contributed by atoms with Gasteiger partial charge in [-0.3, -0.25) is 14.7 Å².